The van der Waals surface area contributed by atoms with Gasteiger partial charge in [-0.3, -0.25) is 4.79 Å². The Bertz CT molecular complexity index is 546. The summed E-state index contributed by atoms with van der Waals surface area (Å²) in [5.74, 6) is 3.16. The summed E-state index contributed by atoms with van der Waals surface area (Å²) in [5, 5.41) is 2.97. The van der Waals surface area contributed by atoms with E-state index in [2.05, 4.69) is 11.2 Å². The molecule has 0 spiro atoms. The quantitative estimate of drug-likeness (QED) is 0.669. The van der Waals surface area contributed by atoms with E-state index in [9.17, 15) is 4.79 Å². The van der Waals surface area contributed by atoms with Crippen LogP contribution < -0.4 is 14.8 Å². The van der Waals surface area contributed by atoms with Crippen LogP contribution in [-0.2, 0) is 4.79 Å². The zero-order valence-corrected chi connectivity index (χ0v) is 10.2. The molecule has 92 valence electrons. The van der Waals surface area contributed by atoms with Crippen molar-refractivity contribution < 1.29 is 14.3 Å². The van der Waals surface area contributed by atoms with Crippen molar-refractivity contribution in [2.75, 3.05) is 13.3 Å². The number of hydrogen-bond acceptors (Lipinski definition) is 3. The molecule has 0 unspecified atom stereocenters. The lowest BCUT2D eigenvalue weighted by molar-refractivity contribution is -0.116. The van der Waals surface area contributed by atoms with E-state index < -0.39 is 0 Å². The normalized spacial score (nSPS) is 12.4. The molecule has 0 fully saturated rings. The van der Waals surface area contributed by atoms with Crippen molar-refractivity contribution in [3.63, 3.8) is 0 Å². The summed E-state index contributed by atoms with van der Waals surface area (Å²) < 4.78 is 10.4. The predicted octanol–water partition coefficient (Wildman–Crippen LogP) is 1.83. The van der Waals surface area contributed by atoms with Gasteiger partial charge in [-0.1, -0.05) is 17.5 Å². The largest absolute Gasteiger partial charge is 0.454 e. The Hall–Kier alpha value is -2.12. The summed E-state index contributed by atoms with van der Waals surface area (Å²) in [6.45, 7) is 0.357. The second-order valence-corrected chi connectivity index (χ2v) is 3.90. The standard InChI is InChI=1S/C13H10ClNO3/c1-2-5-15-12(16)4-3-9-6-10(14)13-11(7-9)17-8-18-13/h1,3-4,6-7H,5,8H2,(H,15,16)/b4-3+. The third-order valence-corrected chi connectivity index (χ3v) is 2.52. The van der Waals surface area contributed by atoms with Crippen LogP contribution in [-0.4, -0.2) is 19.2 Å². The van der Waals surface area contributed by atoms with E-state index in [4.69, 9.17) is 27.5 Å². The molecule has 0 aromatic heterocycles. The fourth-order valence-electron chi connectivity index (χ4n) is 1.45. The average Bonchev–Trinajstić information content (AvgIpc) is 2.82. The predicted molar refractivity (Wildman–Crippen MR) is 68.5 cm³/mol. The lowest BCUT2D eigenvalue weighted by Crippen LogP contribution is -2.20. The second kappa shape index (κ2) is 5.48. The average molecular weight is 264 g/mol. The van der Waals surface area contributed by atoms with Crippen LogP contribution in [0, 0.1) is 12.3 Å². The maximum atomic E-state index is 11.3. The van der Waals surface area contributed by atoms with Gasteiger partial charge in [0.2, 0.25) is 12.7 Å². The van der Waals surface area contributed by atoms with Crippen LogP contribution in [0.5, 0.6) is 11.5 Å². The minimum Gasteiger partial charge on any atom is -0.454 e. The van der Waals surface area contributed by atoms with Crippen molar-refractivity contribution in [3.8, 4) is 23.8 Å². The molecule has 1 heterocycles. The van der Waals surface area contributed by atoms with E-state index in [1.54, 1.807) is 18.2 Å². The first kappa shape index (κ1) is 12.3. The summed E-state index contributed by atoms with van der Waals surface area (Å²) in [6.07, 6.45) is 8.03. The van der Waals surface area contributed by atoms with Crippen molar-refractivity contribution in [1.29, 1.82) is 0 Å². The topological polar surface area (TPSA) is 47.6 Å². The zero-order chi connectivity index (χ0) is 13.0. The molecule has 2 rings (SSSR count). The van der Waals surface area contributed by atoms with Crippen LogP contribution >= 0.6 is 11.6 Å². The number of fused-ring (bicyclic) bond motifs is 1. The number of ether oxygens (including phenoxy) is 2. The summed E-state index contributed by atoms with van der Waals surface area (Å²) in [5.41, 5.74) is 0.750. The molecule has 1 amide bonds. The molecule has 1 aromatic carbocycles. The molecule has 1 aliphatic rings. The minimum absolute atomic E-state index is 0.158. The Labute approximate surface area is 110 Å². The van der Waals surface area contributed by atoms with Gasteiger partial charge in [0.1, 0.15) is 0 Å². The van der Waals surface area contributed by atoms with Crippen LogP contribution in [0.1, 0.15) is 5.56 Å². The van der Waals surface area contributed by atoms with Gasteiger partial charge >= 0.3 is 0 Å². The van der Waals surface area contributed by atoms with Gasteiger partial charge in [0.15, 0.2) is 11.5 Å². The molecular formula is C13H10ClNO3. The van der Waals surface area contributed by atoms with Crippen LogP contribution in [0.2, 0.25) is 5.02 Å². The van der Waals surface area contributed by atoms with Gasteiger partial charge in [0.25, 0.3) is 0 Å². The highest BCUT2D eigenvalue weighted by molar-refractivity contribution is 6.32. The number of rotatable bonds is 3. The van der Waals surface area contributed by atoms with Crippen LogP contribution in [0.3, 0.4) is 0 Å². The fourth-order valence-corrected chi connectivity index (χ4v) is 1.73. The molecule has 0 radical (unpaired) electrons. The van der Waals surface area contributed by atoms with Crippen LogP contribution in [0.4, 0.5) is 0 Å². The Morgan fingerprint density at radius 2 is 2.39 bits per heavy atom. The van der Waals surface area contributed by atoms with Gasteiger partial charge < -0.3 is 14.8 Å². The monoisotopic (exact) mass is 263 g/mol. The van der Waals surface area contributed by atoms with Gasteiger partial charge in [0.05, 0.1) is 11.6 Å². The van der Waals surface area contributed by atoms with E-state index in [1.807, 2.05) is 0 Å². The molecule has 0 atom stereocenters. The van der Waals surface area contributed by atoms with Gasteiger partial charge in [-0.05, 0) is 23.8 Å². The fraction of sp³-hybridized carbons (Fsp3) is 0.154. The Kier molecular flexibility index (Phi) is 3.75. The van der Waals surface area contributed by atoms with Gasteiger partial charge in [-0.2, -0.15) is 0 Å². The summed E-state index contributed by atoms with van der Waals surface area (Å²) >= 11 is 6.01. The van der Waals surface area contributed by atoms with Crippen molar-refractivity contribution in [2.24, 2.45) is 0 Å². The van der Waals surface area contributed by atoms with Crippen molar-refractivity contribution in [3.05, 3.63) is 28.8 Å². The number of benzene rings is 1. The molecule has 0 saturated carbocycles. The van der Waals surface area contributed by atoms with Crippen LogP contribution in [0.15, 0.2) is 18.2 Å². The number of hydrogen-bond donors (Lipinski definition) is 1. The number of carbonyl (C=O) groups excluding carboxylic acids is 1. The third-order valence-electron chi connectivity index (χ3n) is 2.24. The highest BCUT2D eigenvalue weighted by Gasteiger charge is 2.17. The zero-order valence-electron chi connectivity index (χ0n) is 9.40. The van der Waals surface area contributed by atoms with Gasteiger partial charge in [0, 0.05) is 6.08 Å². The van der Waals surface area contributed by atoms with Crippen molar-refractivity contribution in [2.45, 2.75) is 0 Å². The van der Waals surface area contributed by atoms with Gasteiger partial charge in [-0.25, -0.2) is 0 Å². The maximum absolute atomic E-state index is 11.3. The summed E-state index contributed by atoms with van der Waals surface area (Å²) in [7, 11) is 0. The minimum atomic E-state index is -0.262. The number of amides is 1. The smallest absolute Gasteiger partial charge is 0.244 e. The number of nitrogens with one attached hydrogen (secondary N) is 1. The first-order chi connectivity index (χ1) is 8.70. The lowest BCUT2D eigenvalue weighted by atomic mass is 10.2. The second-order valence-electron chi connectivity index (χ2n) is 3.49. The lowest BCUT2D eigenvalue weighted by Gasteiger charge is -2.01. The van der Waals surface area contributed by atoms with E-state index >= 15 is 0 Å². The number of terminal acetylenes is 1. The van der Waals surface area contributed by atoms with E-state index in [1.165, 1.54) is 6.08 Å². The first-order valence-electron chi connectivity index (χ1n) is 5.19. The van der Waals surface area contributed by atoms with E-state index in [0.29, 0.717) is 16.5 Å². The molecule has 4 nitrogen and oxygen atoms in total. The molecule has 0 bridgehead atoms. The van der Waals surface area contributed by atoms with E-state index in [0.717, 1.165) is 5.56 Å². The van der Waals surface area contributed by atoms with Crippen LogP contribution in [0.25, 0.3) is 6.08 Å². The Morgan fingerprint density at radius 1 is 1.56 bits per heavy atom. The van der Waals surface area contributed by atoms with Crippen molar-refractivity contribution in [1.82, 2.24) is 5.32 Å². The Balaban J connectivity index is 2.11. The number of carbonyl (C=O) groups is 1. The molecule has 18 heavy (non-hydrogen) atoms. The first-order valence-corrected chi connectivity index (χ1v) is 5.57. The molecule has 1 aliphatic heterocycles. The molecule has 0 saturated heterocycles. The van der Waals surface area contributed by atoms with E-state index in [-0.39, 0.29) is 19.2 Å². The Morgan fingerprint density at radius 3 is 3.17 bits per heavy atom. The molecular weight excluding hydrogens is 254 g/mol. The molecule has 0 aliphatic carbocycles. The highest BCUT2D eigenvalue weighted by Crippen LogP contribution is 2.39. The highest BCUT2D eigenvalue weighted by atomic mass is 35.5. The number of halogens is 1. The van der Waals surface area contributed by atoms with Gasteiger partial charge in [-0.15, -0.1) is 6.42 Å². The van der Waals surface area contributed by atoms with Crippen molar-refractivity contribution >= 4 is 23.6 Å². The third kappa shape index (κ3) is 2.76. The SMILES string of the molecule is C#CCNC(=O)/C=C/c1cc(Cl)c2c(c1)OCO2. The molecule has 5 heteroatoms. The molecule has 1 aromatic rings. The maximum Gasteiger partial charge on any atom is 0.244 e. The summed E-state index contributed by atoms with van der Waals surface area (Å²) in [4.78, 5) is 11.3. The molecule has 1 N–H and O–H groups in total. The summed E-state index contributed by atoms with van der Waals surface area (Å²) in [6, 6.07) is 3.44.